The first kappa shape index (κ1) is 10.7. The Balaban J connectivity index is 1.86. The maximum absolute atomic E-state index is 3.80. The Bertz CT molecular complexity index is 219. The standard InChI is InChI=1S/C13H21Br/c1-2-3-4-5-13(14)12-9-10-6-7-11(12)8-10/h5,10-12H,2-4,6-9H2,1H3/b13-5+. The van der Waals surface area contributed by atoms with E-state index in [9.17, 15) is 0 Å². The van der Waals surface area contributed by atoms with Gasteiger partial charge in [-0.3, -0.25) is 0 Å². The van der Waals surface area contributed by atoms with Gasteiger partial charge in [0.25, 0.3) is 0 Å². The number of allylic oxidation sites excluding steroid dienone is 2. The minimum absolute atomic E-state index is 0.894. The molecule has 80 valence electrons. The van der Waals surface area contributed by atoms with Crippen molar-refractivity contribution in [1.29, 1.82) is 0 Å². The molecular formula is C13H21Br. The van der Waals surface area contributed by atoms with Crippen LogP contribution in [0.25, 0.3) is 0 Å². The Kier molecular flexibility index (Phi) is 3.70. The van der Waals surface area contributed by atoms with Gasteiger partial charge in [0.1, 0.15) is 0 Å². The summed E-state index contributed by atoms with van der Waals surface area (Å²) in [5.41, 5.74) is 0. The molecular weight excluding hydrogens is 236 g/mol. The summed E-state index contributed by atoms with van der Waals surface area (Å²) >= 11 is 3.80. The maximum Gasteiger partial charge on any atom is -0.00554 e. The van der Waals surface area contributed by atoms with Gasteiger partial charge in [-0.15, -0.1) is 0 Å². The third-order valence-corrected chi connectivity index (χ3v) is 4.90. The lowest BCUT2D eigenvalue weighted by atomic mass is 9.88. The molecule has 2 aliphatic rings. The van der Waals surface area contributed by atoms with Crippen molar-refractivity contribution < 1.29 is 0 Å². The summed E-state index contributed by atoms with van der Waals surface area (Å²) in [7, 11) is 0. The van der Waals surface area contributed by atoms with E-state index < -0.39 is 0 Å². The zero-order chi connectivity index (χ0) is 9.97. The van der Waals surface area contributed by atoms with E-state index in [0.29, 0.717) is 0 Å². The molecule has 0 aromatic carbocycles. The molecule has 1 heteroatoms. The molecule has 2 aliphatic carbocycles. The van der Waals surface area contributed by atoms with Crippen LogP contribution in [0.2, 0.25) is 0 Å². The molecule has 0 N–H and O–H groups in total. The predicted octanol–water partition coefficient (Wildman–Crippen LogP) is 4.89. The van der Waals surface area contributed by atoms with Crippen LogP contribution in [0.15, 0.2) is 10.6 Å². The SMILES string of the molecule is CCCC/C=C(/Br)C1CC2CCC1C2. The van der Waals surface area contributed by atoms with Gasteiger partial charge in [0, 0.05) is 0 Å². The minimum atomic E-state index is 0.894. The summed E-state index contributed by atoms with van der Waals surface area (Å²) < 4.78 is 1.53. The lowest BCUT2D eigenvalue weighted by molar-refractivity contribution is 0.390. The Morgan fingerprint density at radius 3 is 2.79 bits per heavy atom. The second-order valence-corrected chi connectivity index (χ2v) is 5.93. The van der Waals surface area contributed by atoms with Gasteiger partial charge >= 0.3 is 0 Å². The highest BCUT2D eigenvalue weighted by Gasteiger charge is 2.40. The van der Waals surface area contributed by atoms with Crippen LogP contribution >= 0.6 is 15.9 Å². The van der Waals surface area contributed by atoms with Gasteiger partial charge in [0.05, 0.1) is 0 Å². The number of fused-ring (bicyclic) bond motifs is 2. The van der Waals surface area contributed by atoms with Crippen molar-refractivity contribution in [2.45, 2.75) is 51.9 Å². The van der Waals surface area contributed by atoms with Crippen molar-refractivity contribution in [1.82, 2.24) is 0 Å². The Morgan fingerprint density at radius 2 is 2.21 bits per heavy atom. The molecule has 2 rings (SSSR count). The van der Waals surface area contributed by atoms with Gasteiger partial charge in [-0.25, -0.2) is 0 Å². The van der Waals surface area contributed by atoms with Gasteiger partial charge in [0.2, 0.25) is 0 Å². The largest absolute Gasteiger partial charge is 0.0741 e. The van der Waals surface area contributed by atoms with Crippen LogP contribution < -0.4 is 0 Å². The van der Waals surface area contributed by atoms with Gasteiger partial charge in [-0.05, 0) is 47.9 Å². The quantitative estimate of drug-likeness (QED) is 0.629. The molecule has 0 heterocycles. The molecule has 14 heavy (non-hydrogen) atoms. The van der Waals surface area contributed by atoms with Crippen molar-refractivity contribution >= 4 is 15.9 Å². The second kappa shape index (κ2) is 4.83. The number of hydrogen-bond acceptors (Lipinski definition) is 0. The van der Waals surface area contributed by atoms with E-state index in [0.717, 1.165) is 17.8 Å². The van der Waals surface area contributed by atoms with Gasteiger partial charge < -0.3 is 0 Å². The average molecular weight is 257 g/mol. The van der Waals surface area contributed by atoms with Crippen molar-refractivity contribution in [3.63, 3.8) is 0 Å². The molecule has 0 aliphatic heterocycles. The minimum Gasteiger partial charge on any atom is -0.0741 e. The molecule has 2 bridgehead atoms. The fourth-order valence-corrected chi connectivity index (χ4v) is 3.97. The third-order valence-electron chi connectivity index (χ3n) is 3.99. The fourth-order valence-electron chi connectivity index (χ4n) is 3.18. The molecule has 0 spiro atoms. The highest BCUT2D eigenvalue weighted by molar-refractivity contribution is 9.11. The molecule has 2 saturated carbocycles. The molecule has 0 saturated heterocycles. The van der Waals surface area contributed by atoms with Gasteiger partial charge in [-0.1, -0.05) is 48.2 Å². The number of halogens is 1. The van der Waals surface area contributed by atoms with Crippen LogP contribution in [0.3, 0.4) is 0 Å². The zero-order valence-electron chi connectivity index (χ0n) is 9.14. The van der Waals surface area contributed by atoms with Crippen molar-refractivity contribution in [3.05, 3.63) is 10.6 Å². The lowest BCUT2D eigenvalue weighted by Crippen LogP contribution is -2.10. The summed E-state index contributed by atoms with van der Waals surface area (Å²) in [5.74, 6) is 2.98. The van der Waals surface area contributed by atoms with E-state index in [2.05, 4.69) is 28.9 Å². The van der Waals surface area contributed by atoms with Crippen molar-refractivity contribution in [2.75, 3.05) is 0 Å². The monoisotopic (exact) mass is 256 g/mol. The van der Waals surface area contributed by atoms with Crippen LogP contribution in [0.1, 0.15) is 51.9 Å². The van der Waals surface area contributed by atoms with Crippen LogP contribution in [0.5, 0.6) is 0 Å². The summed E-state index contributed by atoms with van der Waals surface area (Å²) in [6, 6.07) is 0. The summed E-state index contributed by atoms with van der Waals surface area (Å²) in [6.45, 7) is 2.26. The topological polar surface area (TPSA) is 0 Å². The highest BCUT2D eigenvalue weighted by Crippen LogP contribution is 2.52. The first-order chi connectivity index (χ1) is 6.81. The lowest BCUT2D eigenvalue weighted by Gasteiger charge is -2.21. The molecule has 0 aromatic rings. The Morgan fingerprint density at radius 1 is 1.36 bits per heavy atom. The van der Waals surface area contributed by atoms with Gasteiger partial charge in [0.15, 0.2) is 0 Å². The van der Waals surface area contributed by atoms with Crippen LogP contribution in [-0.2, 0) is 0 Å². The molecule has 2 fully saturated rings. The number of unbranched alkanes of at least 4 members (excludes halogenated alkanes) is 2. The van der Waals surface area contributed by atoms with E-state index in [1.54, 1.807) is 0 Å². The summed E-state index contributed by atoms with van der Waals surface area (Å²) in [4.78, 5) is 0. The summed E-state index contributed by atoms with van der Waals surface area (Å²) in [6.07, 6.45) is 12.3. The zero-order valence-corrected chi connectivity index (χ0v) is 10.7. The maximum atomic E-state index is 3.80. The van der Waals surface area contributed by atoms with E-state index in [1.165, 1.54) is 49.4 Å². The highest BCUT2D eigenvalue weighted by atomic mass is 79.9. The molecule has 3 unspecified atom stereocenters. The van der Waals surface area contributed by atoms with Crippen LogP contribution in [-0.4, -0.2) is 0 Å². The van der Waals surface area contributed by atoms with E-state index in [4.69, 9.17) is 0 Å². The van der Waals surface area contributed by atoms with E-state index in [-0.39, 0.29) is 0 Å². The van der Waals surface area contributed by atoms with E-state index >= 15 is 0 Å². The van der Waals surface area contributed by atoms with Crippen molar-refractivity contribution in [2.24, 2.45) is 17.8 Å². The molecule has 0 radical (unpaired) electrons. The number of hydrogen-bond donors (Lipinski definition) is 0. The fraction of sp³-hybridized carbons (Fsp3) is 0.846. The third kappa shape index (κ3) is 2.24. The van der Waals surface area contributed by atoms with Crippen molar-refractivity contribution in [3.8, 4) is 0 Å². The van der Waals surface area contributed by atoms with Crippen LogP contribution in [0, 0.1) is 17.8 Å². The number of rotatable bonds is 4. The molecule has 0 amide bonds. The van der Waals surface area contributed by atoms with E-state index in [1.807, 2.05) is 0 Å². The van der Waals surface area contributed by atoms with Gasteiger partial charge in [-0.2, -0.15) is 0 Å². The normalized spacial score (nSPS) is 36.7. The molecule has 0 aromatic heterocycles. The predicted molar refractivity (Wildman–Crippen MR) is 65.5 cm³/mol. The first-order valence-corrected chi connectivity index (χ1v) is 6.96. The Hall–Kier alpha value is 0.220. The molecule has 0 nitrogen and oxygen atoms in total. The second-order valence-electron chi connectivity index (χ2n) is 5.01. The average Bonchev–Trinajstić information content (AvgIpc) is 2.79. The van der Waals surface area contributed by atoms with Crippen LogP contribution in [0.4, 0.5) is 0 Å². The molecule has 3 atom stereocenters. The Labute approximate surface area is 96.3 Å². The first-order valence-electron chi connectivity index (χ1n) is 6.16. The summed E-state index contributed by atoms with van der Waals surface area (Å²) in [5, 5.41) is 0. The smallest absolute Gasteiger partial charge is 0.00554 e.